The fourth-order valence-electron chi connectivity index (χ4n) is 2.07. The van der Waals surface area contributed by atoms with E-state index in [4.69, 9.17) is 4.74 Å². The number of fused-ring (bicyclic) bond motifs is 1. The number of aromatic nitrogens is 1. The number of benzene rings is 2. The Morgan fingerprint density at radius 3 is 2.78 bits per heavy atom. The molecule has 0 saturated carbocycles. The lowest BCUT2D eigenvalue weighted by Gasteiger charge is -2.07. The number of halogens is 1. The van der Waals surface area contributed by atoms with E-state index in [1.54, 1.807) is 23.5 Å². The molecule has 23 heavy (non-hydrogen) atoms. The first-order valence-corrected chi connectivity index (χ1v) is 8.02. The number of hydrogen-bond donors (Lipinski definition) is 1. The van der Waals surface area contributed by atoms with E-state index in [2.05, 4.69) is 10.3 Å². The molecule has 1 N–H and O–H groups in total. The minimum Gasteiger partial charge on any atom is -0.490 e. The van der Waals surface area contributed by atoms with Crippen molar-refractivity contribution in [2.24, 2.45) is 0 Å². The van der Waals surface area contributed by atoms with Gasteiger partial charge < -0.3 is 10.1 Å². The maximum atomic E-state index is 13.4. The van der Waals surface area contributed by atoms with Crippen molar-refractivity contribution in [3.8, 4) is 5.75 Å². The van der Waals surface area contributed by atoms with E-state index in [9.17, 15) is 9.18 Å². The molecule has 0 unspecified atom stereocenters. The standard InChI is InChI=1S/C17H15FN2O2S/c18-12-5-1-3-7-14(12)22-10-9-16(21)19-11-17-20-13-6-2-4-8-15(13)23-17/h1-8H,9-11H2,(H,19,21). The predicted molar refractivity (Wildman–Crippen MR) is 88.0 cm³/mol. The molecule has 118 valence electrons. The molecule has 3 aromatic rings. The topological polar surface area (TPSA) is 51.2 Å². The van der Waals surface area contributed by atoms with E-state index in [0.717, 1.165) is 15.2 Å². The molecule has 0 atom stereocenters. The molecule has 2 aromatic carbocycles. The molecule has 3 rings (SSSR count). The van der Waals surface area contributed by atoms with Crippen LogP contribution in [0.25, 0.3) is 10.2 Å². The van der Waals surface area contributed by atoms with Crippen LogP contribution in [-0.4, -0.2) is 17.5 Å². The van der Waals surface area contributed by atoms with Gasteiger partial charge in [-0.15, -0.1) is 11.3 Å². The Morgan fingerprint density at radius 1 is 1.17 bits per heavy atom. The minimum atomic E-state index is -0.428. The van der Waals surface area contributed by atoms with Crippen LogP contribution in [0, 0.1) is 5.82 Å². The van der Waals surface area contributed by atoms with Crippen molar-refractivity contribution in [3.63, 3.8) is 0 Å². The van der Waals surface area contributed by atoms with Gasteiger partial charge in [-0.2, -0.15) is 0 Å². The van der Waals surface area contributed by atoms with Crippen LogP contribution in [-0.2, 0) is 11.3 Å². The van der Waals surface area contributed by atoms with Crippen LogP contribution in [0.4, 0.5) is 4.39 Å². The maximum absolute atomic E-state index is 13.4. The highest BCUT2D eigenvalue weighted by atomic mass is 32.1. The molecular weight excluding hydrogens is 315 g/mol. The van der Waals surface area contributed by atoms with Crippen LogP contribution in [0.1, 0.15) is 11.4 Å². The smallest absolute Gasteiger partial charge is 0.223 e. The molecule has 0 bridgehead atoms. The van der Waals surface area contributed by atoms with Crippen LogP contribution in [0.15, 0.2) is 48.5 Å². The van der Waals surface area contributed by atoms with E-state index < -0.39 is 5.82 Å². The van der Waals surface area contributed by atoms with Crippen LogP contribution < -0.4 is 10.1 Å². The van der Waals surface area contributed by atoms with Crippen LogP contribution in [0.2, 0.25) is 0 Å². The van der Waals surface area contributed by atoms with Gasteiger partial charge in [-0.25, -0.2) is 9.37 Å². The fraction of sp³-hybridized carbons (Fsp3) is 0.176. The number of carbonyl (C=O) groups is 1. The Morgan fingerprint density at radius 2 is 1.96 bits per heavy atom. The SMILES string of the molecule is O=C(CCOc1ccccc1F)NCc1nc2ccccc2s1. The zero-order valence-corrected chi connectivity index (χ0v) is 13.1. The second kappa shape index (κ2) is 7.19. The summed E-state index contributed by atoms with van der Waals surface area (Å²) in [5.41, 5.74) is 0.935. The highest BCUT2D eigenvalue weighted by Gasteiger charge is 2.07. The van der Waals surface area contributed by atoms with Gasteiger partial charge in [0.1, 0.15) is 5.01 Å². The lowest BCUT2D eigenvalue weighted by molar-refractivity contribution is -0.121. The average Bonchev–Trinajstić information content (AvgIpc) is 2.98. The number of nitrogens with zero attached hydrogens (tertiary/aromatic N) is 1. The quantitative estimate of drug-likeness (QED) is 0.752. The average molecular weight is 330 g/mol. The Balaban J connectivity index is 1.45. The lowest BCUT2D eigenvalue weighted by Crippen LogP contribution is -2.24. The Labute approximate surface area is 136 Å². The number of amides is 1. The number of thiazole rings is 1. The lowest BCUT2D eigenvalue weighted by atomic mass is 10.3. The second-order valence-electron chi connectivity index (χ2n) is 4.88. The Kier molecular flexibility index (Phi) is 4.83. The van der Waals surface area contributed by atoms with Crippen molar-refractivity contribution < 1.29 is 13.9 Å². The molecule has 0 fully saturated rings. The van der Waals surface area contributed by atoms with E-state index in [-0.39, 0.29) is 24.7 Å². The second-order valence-corrected chi connectivity index (χ2v) is 6.00. The van der Waals surface area contributed by atoms with E-state index in [0.29, 0.717) is 6.54 Å². The van der Waals surface area contributed by atoms with E-state index in [1.807, 2.05) is 24.3 Å². The van der Waals surface area contributed by atoms with Crippen LogP contribution in [0.3, 0.4) is 0 Å². The van der Waals surface area contributed by atoms with Crippen molar-refractivity contribution >= 4 is 27.5 Å². The number of carbonyl (C=O) groups excluding carboxylic acids is 1. The summed E-state index contributed by atoms with van der Waals surface area (Å²) in [5, 5.41) is 3.65. The van der Waals surface area contributed by atoms with Gasteiger partial charge in [0.05, 0.1) is 29.8 Å². The van der Waals surface area contributed by atoms with Crippen molar-refractivity contribution in [1.29, 1.82) is 0 Å². The summed E-state index contributed by atoms with van der Waals surface area (Å²) in [5.74, 6) is -0.422. The molecule has 0 aliphatic heterocycles. The fourth-order valence-corrected chi connectivity index (χ4v) is 2.98. The summed E-state index contributed by atoms with van der Waals surface area (Å²) in [4.78, 5) is 16.2. The number of hydrogen-bond acceptors (Lipinski definition) is 4. The molecule has 0 radical (unpaired) electrons. The van der Waals surface area contributed by atoms with Gasteiger partial charge in [-0.1, -0.05) is 24.3 Å². The molecule has 0 aliphatic carbocycles. The van der Waals surface area contributed by atoms with Gasteiger partial charge in [0.15, 0.2) is 11.6 Å². The summed E-state index contributed by atoms with van der Waals surface area (Å²) >= 11 is 1.56. The van der Waals surface area contributed by atoms with Crippen molar-refractivity contribution in [2.45, 2.75) is 13.0 Å². The third kappa shape index (κ3) is 4.04. The van der Waals surface area contributed by atoms with Crippen molar-refractivity contribution in [2.75, 3.05) is 6.61 Å². The first kappa shape index (κ1) is 15.4. The molecular formula is C17H15FN2O2S. The summed E-state index contributed by atoms with van der Waals surface area (Å²) in [6.45, 7) is 0.518. The third-order valence-corrected chi connectivity index (χ3v) is 4.23. The third-order valence-electron chi connectivity index (χ3n) is 3.20. The Hall–Kier alpha value is -2.47. The predicted octanol–water partition coefficient (Wildman–Crippen LogP) is 3.52. The van der Waals surface area contributed by atoms with Crippen molar-refractivity contribution in [3.05, 3.63) is 59.4 Å². The van der Waals surface area contributed by atoms with Crippen LogP contribution in [0.5, 0.6) is 5.75 Å². The molecule has 0 aliphatic rings. The zero-order valence-electron chi connectivity index (χ0n) is 12.3. The summed E-state index contributed by atoms with van der Waals surface area (Å²) in [6.07, 6.45) is 0.166. The largest absolute Gasteiger partial charge is 0.490 e. The summed E-state index contributed by atoms with van der Waals surface area (Å²) in [7, 11) is 0. The molecule has 0 spiro atoms. The number of ether oxygens (including phenoxy) is 1. The molecule has 0 saturated heterocycles. The molecule has 1 heterocycles. The number of nitrogens with one attached hydrogen (secondary N) is 1. The summed E-state index contributed by atoms with van der Waals surface area (Å²) < 4.78 is 19.7. The highest BCUT2D eigenvalue weighted by molar-refractivity contribution is 7.18. The maximum Gasteiger partial charge on any atom is 0.223 e. The highest BCUT2D eigenvalue weighted by Crippen LogP contribution is 2.21. The van der Waals surface area contributed by atoms with Gasteiger partial charge in [0, 0.05) is 0 Å². The molecule has 4 nitrogen and oxygen atoms in total. The Bertz CT molecular complexity index is 786. The van der Waals surface area contributed by atoms with E-state index in [1.165, 1.54) is 12.1 Å². The zero-order chi connectivity index (χ0) is 16.1. The normalized spacial score (nSPS) is 10.7. The summed E-state index contributed by atoms with van der Waals surface area (Å²) in [6, 6.07) is 14.0. The monoisotopic (exact) mass is 330 g/mol. The van der Waals surface area contributed by atoms with Gasteiger partial charge in [0.25, 0.3) is 0 Å². The first-order valence-electron chi connectivity index (χ1n) is 7.21. The van der Waals surface area contributed by atoms with Gasteiger partial charge >= 0.3 is 0 Å². The first-order chi connectivity index (χ1) is 11.2. The number of para-hydroxylation sites is 2. The van der Waals surface area contributed by atoms with Gasteiger partial charge in [0.2, 0.25) is 5.91 Å². The van der Waals surface area contributed by atoms with Crippen molar-refractivity contribution in [1.82, 2.24) is 10.3 Å². The van der Waals surface area contributed by atoms with Gasteiger partial charge in [-0.05, 0) is 24.3 Å². The van der Waals surface area contributed by atoms with E-state index >= 15 is 0 Å². The molecule has 1 amide bonds. The minimum absolute atomic E-state index is 0.132. The van der Waals surface area contributed by atoms with Gasteiger partial charge in [-0.3, -0.25) is 4.79 Å². The van der Waals surface area contributed by atoms with Crippen LogP contribution >= 0.6 is 11.3 Å². The number of rotatable bonds is 6. The molecule has 6 heteroatoms. The molecule has 1 aromatic heterocycles.